The lowest BCUT2D eigenvalue weighted by Crippen LogP contribution is -2.35. The van der Waals surface area contributed by atoms with Gasteiger partial charge in [0.05, 0.1) is 16.1 Å². The zero-order chi connectivity index (χ0) is 20.9. The summed E-state index contributed by atoms with van der Waals surface area (Å²) >= 11 is 0. The molecule has 0 saturated heterocycles. The third-order valence-corrected chi connectivity index (χ3v) is 6.72. The average Bonchev–Trinajstić information content (AvgIpc) is 3.25. The molecule has 2 aromatic rings. The van der Waals surface area contributed by atoms with Crippen molar-refractivity contribution >= 4 is 27.6 Å². The number of hydrogen-bond acceptors (Lipinski definition) is 5. The third-order valence-electron chi connectivity index (χ3n) is 4.92. The number of esters is 1. The van der Waals surface area contributed by atoms with Crippen molar-refractivity contribution in [3.05, 3.63) is 60.2 Å². The molecule has 1 aliphatic rings. The highest BCUT2D eigenvalue weighted by molar-refractivity contribution is 7.92. The number of carbonyl (C=O) groups is 2. The van der Waals surface area contributed by atoms with Crippen molar-refractivity contribution in [1.29, 1.82) is 0 Å². The van der Waals surface area contributed by atoms with E-state index in [2.05, 4.69) is 5.32 Å². The lowest BCUT2D eigenvalue weighted by Gasteiger charge is -2.19. The minimum atomic E-state index is -3.76. The fraction of sp³-hybridized carbons (Fsp3) is 0.333. The van der Waals surface area contributed by atoms with Gasteiger partial charge in [0.1, 0.15) is 0 Å². The van der Waals surface area contributed by atoms with Gasteiger partial charge < -0.3 is 10.1 Å². The summed E-state index contributed by atoms with van der Waals surface area (Å²) in [5.74, 6) is -0.999. The minimum absolute atomic E-state index is 0.0550. The molecule has 0 aromatic heterocycles. The Labute approximate surface area is 170 Å². The van der Waals surface area contributed by atoms with Crippen molar-refractivity contribution in [2.75, 3.05) is 18.0 Å². The molecular weight excluding hydrogens is 392 g/mol. The highest BCUT2D eigenvalue weighted by Crippen LogP contribution is 2.22. The van der Waals surface area contributed by atoms with Crippen molar-refractivity contribution < 1.29 is 22.7 Å². The van der Waals surface area contributed by atoms with Crippen LogP contribution in [0.3, 0.4) is 0 Å². The van der Waals surface area contributed by atoms with Crippen molar-refractivity contribution in [2.24, 2.45) is 0 Å². The second-order valence-electron chi connectivity index (χ2n) is 6.96. The Bertz CT molecular complexity index is 952. The van der Waals surface area contributed by atoms with Crippen LogP contribution in [0.15, 0.2) is 59.5 Å². The van der Waals surface area contributed by atoms with Crippen molar-refractivity contribution in [3.63, 3.8) is 0 Å². The van der Waals surface area contributed by atoms with Gasteiger partial charge in [-0.15, -0.1) is 0 Å². The maximum Gasteiger partial charge on any atom is 0.338 e. The van der Waals surface area contributed by atoms with Gasteiger partial charge in [-0.2, -0.15) is 0 Å². The van der Waals surface area contributed by atoms with Crippen LogP contribution in [0, 0.1) is 0 Å². The lowest BCUT2D eigenvalue weighted by molar-refractivity contribution is -0.124. The minimum Gasteiger partial charge on any atom is -0.452 e. The zero-order valence-corrected chi connectivity index (χ0v) is 17.0. The molecule has 1 fully saturated rings. The number of para-hydroxylation sites is 1. The first-order valence-corrected chi connectivity index (χ1v) is 10.9. The first-order chi connectivity index (χ1) is 13.9. The monoisotopic (exact) mass is 416 g/mol. The summed E-state index contributed by atoms with van der Waals surface area (Å²) in [7, 11) is -2.29. The maximum absolute atomic E-state index is 12.8. The number of sulfonamides is 1. The molecule has 1 N–H and O–H groups in total. The van der Waals surface area contributed by atoms with Crippen LogP contribution < -0.4 is 9.62 Å². The molecule has 1 saturated carbocycles. The van der Waals surface area contributed by atoms with E-state index in [1.54, 1.807) is 30.3 Å². The van der Waals surface area contributed by atoms with Crippen LogP contribution in [-0.2, 0) is 19.6 Å². The Kier molecular flexibility index (Phi) is 6.53. The largest absolute Gasteiger partial charge is 0.452 e. The smallest absolute Gasteiger partial charge is 0.338 e. The van der Waals surface area contributed by atoms with Gasteiger partial charge in [0.2, 0.25) is 0 Å². The molecule has 1 amide bonds. The fourth-order valence-corrected chi connectivity index (χ4v) is 4.45. The normalized spacial score (nSPS) is 14.4. The quantitative estimate of drug-likeness (QED) is 0.701. The van der Waals surface area contributed by atoms with Gasteiger partial charge in [-0.25, -0.2) is 13.2 Å². The SMILES string of the molecule is CN(c1ccccc1)S(=O)(=O)c1ccc(C(=O)OCC(=O)NC2CCCC2)cc1. The molecule has 0 aliphatic heterocycles. The molecule has 0 bridgehead atoms. The fourth-order valence-electron chi connectivity index (χ4n) is 3.25. The molecule has 0 heterocycles. The Morgan fingerprint density at radius 3 is 2.28 bits per heavy atom. The molecule has 2 aromatic carbocycles. The van der Waals surface area contributed by atoms with Crippen LogP contribution in [0.5, 0.6) is 0 Å². The van der Waals surface area contributed by atoms with E-state index in [9.17, 15) is 18.0 Å². The highest BCUT2D eigenvalue weighted by Gasteiger charge is 2.22. The number of ether oxygens (including phenoxy) is 1. The lowest BCUT2D eigenvalue weighted by atomic mass is 10.2. The topological polar surface area (TPSA) is 92.8 Å². The molecule has 7 nitrogen and oxygen atoms in total. The second-order valence-corrected chi connectivity index (χ2v) is 8.93. The number of amides is 1. The predicted molar refractivity (Wildman–Crippen MR) is 109 cm³/mol. The number of hydrogen-bond donors (Lipinski definition) is 1. The molecule has 3 rings (SSSR count). The molecule has 154 valence electrons. The van der Waals surface area contributed by atoms with Gasteiger partial charge in [-0.05, 0) is 49.2 Å². The number of nitrogens with one attached hydrogen (secondary N) is 1. The standard InChI is InChI=1S/C21H24N2O5S/c1-23(18-9-3-2-4-10-18)29(26,27)19-13-11-16(12-14-19)21(25)28-15-20(24)22-17-7-5-6-8-17/h2-4,9-14,17H,5-8,15H2,1H3,(H,22,24). The average molecular weight is 416 g/mol. The van der Waals surface area contributed by atoms with Gasteiger partial charge in [0, 0.05) is 13.1 Å². The summed E-state index contributed by atoms with van der Waals surface area (Å²) in [5, 5.41) is 2.84. The Balaban J connectivity index is 1.60. The summed E-state index contributed by atoms with van der Waals surface area (Å²) in [5.41, 5.74) is 0.712. The first-order valence-electron chi connectivity index (χ1n) is 9.48. The summed E-state index contributed by atoms with van der Waals surface area (Å²) < 4.78 is 31.7. The van der Waals surface area contributed by atoms with E-state index in [-0.39, 0.29) is 29.0 Å². The van der Waals surface area contributed by atoms with Crippen LogP contribution in [0.25, 0.3) is 0 Å². The molecular formula is C21H24N2O5S. The van der Waals surface area contributed by atoms with Gasteiger partial charge in [0.25, 0.3) is 15.9 Å². The van der Waals surface area contributed by atoms with E-state index in [0.29, 0.717) is 5.69 Å². The molecule has 29 heavy (non-hydrogen) atoms. The van der Waals surface area contributed by atoms with E-state index in [1.165, 1.54) is 35.6 Å². The number of anilines is 1. The van der Waals surface area contributed by atoms with E-state index < -0.39 is 16.0 Å². The summed E-state index contributed by atoms with van der Waals surface area (Å²) in [6.45, 7) is -0.355. The molecule has 0 radical (unpaired) electrons. The van der Waals surface area contributed by atoms with Gasteiger partial charge in [-0.3, -0.25) is 9.10 Å². The van der Waals surface area contributed by atoms with E-state index in [1.807, 2.05) is 0 Å². The molecule has 8 heteroatoms. The van der Waals surface area contributed by atoms with Gasteiger partial charge in [0.15, 0.2) is 6.61 Å². The summed E-state index contributed by atoms with van der Waals surface area (Å²) in [6, 6.07) is 14.3. The highest BCUT2D eigenvalue weighted by atomic mass is 32.2. The van der Waals surface area contributed by atoms with Crippen LogP contribution in [0.1, 0.15) is 36.0 Å². The van der Waals surface area contributed by atoms with Gasteiger partial charge in [-0.1, -0.05) is 31.0 Å². The second kappa shape index (κ2) is 9.09. The molecule has 0 spiro atoms. The number of carbonyl (C=O) groups excluding carboxylic acids is 2. The predicted octanol–water partition coefficient (Wildman–Crippen LogP) is 2.73. The Morgan fingerprint density at radius 2 is 1.66 bits per heavy atom. The maximum atomic E-state index is 12.8. The van der Waals surface area contributed by atoms with Crippen molar-refractivity contribution in [1.82, 2.24) is 5.32 Å². The summed E-state index contributed by atoms with van der Waals surface area (Å²) in [4.78, 5) is 24.1. The third kappa shape index (κ3) is 5.14. The van der Waals surface area contributed by atoms with Crippen LogP contribution in [0.2, 0.25) is 0 Å². The Hall–Kier alpha value is -2.87. The number of benzene rings is 2. The van der Waals surface area contributed by atoms with Crippen LogP contribution >= 0.6 is 0 Å². The van der Waals surface area contributed by atoms with Crippen LogP contribution in [-0.4, -0.2) is 40.0 Å². The van der Waals surface area contributed by atoms with E-state index in [0.717, 1.165) is 25.7 Å². The molecule has 0 unspecified atom stereocenters. The van der Waals surface area contributed by atoms with Gasteiger partial charge >= 0.3 is 5.97 Å². The number of rotatable bonds is 7. The number of nitrogens with zero attached hydrogens (tertiary/aromatic N) is 1. The van der Waals surface area contributed by atoms with Crippen LogP contribution in [0.4, 0.5) is 5.69 Å². The van der Waals surface area contributed by atoms with E-state index >= 15 is 0 Å². The van der Waals surface area contributed by atoms with Crippen molar-refractivity contribution in [2.45, 2.75) is 36.6 Å². The molecule has 1 aliphatic carbocycles. The zero-order valence-electron chi connectivity index (χ0n) is 16.2. The summed E-state index contributed by atoms with van der Waals surface area (Å²) in [6.07, 6.45) is 4.10. The first kappa shape index (κ1) is 20.9. The van der Waals surface area contributed by atoms with E-state index in [4.69, 9.17) is 4.74 Å². The van der Waals surface area contributed by atoms with Crippen molar-refractivity contribution in [3.8, 4) is 0 Å². The Morgan fingerprint density at radius 1 is 1.03 bits per heavy atom. The molecule has 0 atom stereocenters.